The number of nitrogens with zero attached hydrogens (tertiary/aromatic N) is 1. The third-order valence-corrected chi connectivity index (χ3v) is 5.26. The van der Waals surface area contributed by atoms with Crippen LogP contribution in [0.4, 0.5) is 5.69 Å². The van der Waals surface area contributed by atoms with Crippen LogP contribution in [0.25, 0.3) is 0 Å². The Kier molecular flexibility index (Phi) is 7.45. The molecule has 6 heteroatoms. The van der Waals surface area contributed by atoms with Crippen LogP contribution in [0.3, 0.4) is 0 Å². The molecule has 0 saturated heterocycles. The number of anilines is 1. The van der Waals surface area contributed by atoms with E-state index in [4.69, 9.17) is 0 Å². The van der Waals surface area contributed by atoms with Crippen molar-refractivity contribution in [1.29, 1.82) is 0 Å². The summed E-state index contributed by atoms with van der Waals surface area (Å²) in [6, 6.07) is 14.2. The number of amides is 2. The molecular formula is C21H28N3O2S+. The zero-order valence-corrected chi connectivity index (χ0v) is 17.4. The largest absolute Gasteiger partial charge is 0.344 e. The summed E-state index contributed by atoms with van der Waals surface area (Å²) >= 11 is 1.70. The molecule has 2 N–H and O–H groups in total. The highest BCUT2D eigenvalue weighted by Gasteiger charge is 2.15. The van der Waals surface area contributed by atoms with Gasteiger partial charge in [0, 0.05) is 29.6 Å². The fourth-order valence-electron chi connectivity index (χ4n) is 2.48. The molecule has 1 atom stereocenters. The van der Waals surface area contributed by atoms with E-state index in [1.165, 1.54) is 20.9 Å². The van der Waals surface area contributed by atoms with Gasteiger partial charge in [-0.1, -0.05) is 17.8 Å². The fraction of sp³-hybridized carbons (Fsp3) is 0.333. The van der Waals surface area contributed by atoms with Gasteiger partial charge in [0.05, 0.1) is 7.05 Å². The van der Waals surface area contributed by atoms with E-state index in [1.54, 1.807) is 25.9 Å². The molecule has 144 valence electrons. The summed E-state index contributed by atoms with van der Waals surface area (Å²) in [5, 5.41) is 2.89. The molecule has 0 fully saturated rings. The lowest BCUT2D eigenvalue weighted by Crippen LogP contribution is -3.11. The third-order valence-electron chi connectivity index (χ3n) is 4.27. The van der Waals surface area contributed by atoms with Crippen molar-refractivity contribution in [2.45, 2.75) is 23.6 Å². The minimum atomic E-state index is -0.103. The number of hydrogen-bond donors (Lipinski definition) is 2. The van der Waals surface area contributed by atoms with E-state index in [2.05, 4.69) is 37.4 Å². The van der Waals surface area contributed by atoms with Crippen LogP contribution < -0.4 is 10.2 Å². The van der Waals surface area contributed by atoms with E-state index < -0.39 is 0 Å². The SMILES string of the molecule is Cc1ccc(Sc2ccc(NC(=O)C[NH+](C)CC(=O)N(C)C)cc2)cc1C. The summed E-state index contributed by atoms with van der Waals surface area (Å²) in [7, 11) is 5.27. The minimum Gasteiger partial charge on any atom is -0.344 e. The molecule has 0 radical (unpaired) electrons. The van der Waals surface area contributed by atoms with Crippen molar-refractivity contribution in [2.75, 3.05) is 39.5 Å². The molecule has 0 bridgehead atoms. The van der Waals surface area contributed by atoms with Crippen molar-refractivity contribution in [1.82, 2.24) is 4.90 Å². The number of aryl methyl sites for hydroxylation is 2. The molecule has 2 aromatic rings. The Labute approximate surface area is 165 Å². The standard InChI is InChI=1S/C21H27N3O2S/c1-15-6-9-19(12-16(15)2)27-18-10-7-17(8-11-18)22-20(25)13-24(5)14-21(26)23(3)4/h6-12H,13-14H2,1-5H3,(H,22,25)/p+1. The van der Waals surface area contributed by atoms with Gasteiger partial charge < -0.3 is 15.1 Å². The first-order valence-corrected chi connectivity index (χ1v) is 9.72. The highest BCUT2D eigenvalue weighted by molar-refractivity contribution is 7.99. The van der Waals surface area contributed by atoms with Crippen LogP contribution >= 0.6 is 11.8 Å². The quantitative estimate of drug-likeness (QED) is 0.765. The van der Waals surface area contributed by atoms with Crippen LogP contribution in [0.15, 0.2) is 52.3 Å². The topological polar surface area (TPSA) is 53.9 Å². The van der Waals surface area contributed by atoms with Crippen molar-refractivity contribution in [2.24, 2.45) is 0 Å². The van der Waals surface area contributed by atoms with Gasteiger partial charge in [-0.05, 0) is 61.4 Å². The first-order valence-electron chi connectivity index (χ1n) is 8.91. The van der Waals surface area contributed by atoms with E-state index >= 15 is 0 Å². The summed E-state index contributed by atoms with van der Waals surface area (Å²) in [5.74, 6) is -0.0957. The number of rotatable bonds is 7. The monoisotopic (exact) mass is 386 g/mol. The first kappa shape index (κ1) is 21.0. The van der Waals surface area contributed by atoms with E-state index in [0.29, 0.717) is 6.54 Å². The van der Waals surface area contributed by atoms with Gasteiger partial charge in [-0.3, -0.25) is 9.59 Å². The highest BCUT2D eigenvalue weighted by Crippen LogP contribution is 2.29. The summed E-state index contributed by atoms with van der Waals surface area (Å²) < 4.78 is 0. The van der Waals surface area contributed by atoms with Gasteiger partial charge in [0.1, 0.15) is 0 Å². The molecule has 2 amide bonds. The molecule has 0 saturated carbocycles. The number of hydrogen-bond acceptors (Lipinski definition) is 3. The summed E-state index contributed by atoms with van der Waals surface area (Å²) in [6.45, 7) is 4.77. The molecule has 0 aromatic heterocycles. The highest BCUT2D eigenvalue weighted by atomic mass is 32.2. The van der Waals surface area contributed by atoms with Crippen LogP contribution in [0.5, 0.6) is 0 Å². The average molecular weight is 387 g/mol. The van der Waals surface area contributed by atoms with Gasteiger partial charge in [-0.2, -0.15) is 0 Å². The molecular weight excluding hydrogens is 358 g/mol. The predicted molar refractivity (Wildman–Crippen MR) is 110 cm³/mol. The van der Waals surface area contributed by atoms with Crippen LogP contribution in [0.1, 0.15) is 11.1 Å². The van der Waals surface area contributed by atoms with E-state index in [-0.39, 0.29) is 18.4 Å². The zero-order chi connectivity index (χ0) is 20.0. The summed E-state index contributed by atoms with van der Waals surface area (Å²) in [6.07, 6.45) is 0. The number of quaternary nitrogens is 1. The number of likely N-dealkylation sites (N-methyl/N-ethyl adjacent to an activating group) is 2. The Balaban J connectivity index is 1.88. The van der Waals surface area contributed by atoms with E-state index in [0.717, 1.165) is 15.5 Å². The lowest BCUT2D eigenvalue weighted by Gasteiger charge is -2.16. The summed E-state index contributed by atoms with van der Waals surface area (Å²) in [4.78, 5) is 28.6. The Morgan fingerprint density at radius 1 is 0.963 bits per heavy atom. The fourth-order valence-corrected chi connectivity index (χ4v) is 3.39. The Morgan fingerprint density at radius 3 is 2.19 bits per heavy atom. The van der Waals surface area contributed by atoms with Crippen LogP contribution in [0.2, 0.25) is 0 Å². The van der Waals surface area contributed by atoms with Crippen molar-refractivity contribution >= 4 is 29.3 Å². The lowest BCUT2D eigenvalue weighted by molar-refractivity contribution is -0.862. The van der Waals surface area contributed by atoms with Gasteiger partial charge >= 0.3 is 0 Å². The molecule has 5 nitrogen and oxygen atoms in total. The number of carbonyl (C=O) groups is 2. The maximum absolute atomic E-state index is 12.2. The average Bonchev–Trinajstić information content (AvgIpc) is 2.59. The normalized spacial score (nSPS) is 11.7. The second-order valence-electron chi connectivity index (χ2n) is 7.02. The van der Waals surface area contributed by atoms with Gasteiger partial charge in [0.15, 0.2) is 13.1 Å². The summed E-state index contributed by atoms with van der Waals surface area (Å²) in [5.41, 5.74) is 3.33. The molecule has 0 aliphatic rings. The van der Waals surface area contributed by atoms with E-state index in [9.17, 15) is 9.59 Å². The Morgan fingerprint density at radius 2 is 1.59 bits per heavy atom. The number of carbonyl (C=O) groups excluding carboxylic acids is 2. The minimum absolute atomic E-state index is 0.00743. The van der Waals surface area contributed by atoms with Crippen molar-refractivity contribution < 1.29 is 14.5 Å². The molecule has 0 heterocycles. The van der Waals surface area contributed by atoms with Crippen LogP contribution in [-0.4, -0.2) is 50.9 Å². The molecule has 27 heavy (non-hydrogen) atoms. The maximum Gasteiger partial charge on any atom is 0.279 e. The molecule has 0 aliphatic heterocycles. The molecule has 2 aromatic carbocycles. The van der Waals surface area contributed by atoms with Gasteiger partial charge in [-0.25, -0.2) is 0 Å². The number of nitrogens with one attached hydrogen (secondary N) is 2. The molecule has 0 spiro atoms. The van der Waals surface area contributed by atoms with Gasteiger partial charge in [-0.15, -0.1) is 0 Å². The molecule has 1 unspecified atom stereocenters. The van der Waals surface area contributed by atoms with E-state index in [1.807, 2.05) is 31.3 Å². The lowest BCUT2D eigenvalue weighted by atomic mass is 10.1. The molecule has 0 aliphatic carbocycles. The number of benzene rings is 2. The third kappa shape index (κ3) is 6.73. The second kappa shape index (κ2) is 9.58. The van der Waals surface area contributed by atoms with Gasteiger partial charge in [0.2, 0.25) is 0 Å². The Bertz CT molecular complexity index is 804. The van der Waals surface area contributed by atoms with Crippen molar-refractivity contribution in [3.05, 3.63) is 53.6 Å². The zero-order valence-electron chi connectivity index (χ0n) is 16.6. The van der Waals surface area contributed by atoms with Crippen LogP contribution in [0, 0.1) is 13.8 Å². The van der Waals surface area contributed by atoms with Crippen LogP contribution in [-0.2, 0) is 9.59 Å². The van der Waals surface area contributed by atoms with Gasteiger partial charge in [0.25, 0.3) is 11.8 Å². The molecule has 2 rings (SSSR count). The van der Waals surface area contributed by atoms with Crippen molar-refractivity contribution in [3.8, 4) is 0 Å². The maximum atomic E-state index is 12.2. The predicted octanol–water partition coefficient (Wildman–Crippen LogP) is 2.00. The Hall–Kier alpha value is -2.31. The second-order valence-corrected chi connectivity index (χ2v) is 8.17. The smallest absolute Gasteiger partial charge is 0.279 e. The van der Waals surface area contributed by atoms with Crippen molar-refractivity contribution in [3.63, 3.8) is 0 Å². The first-order chi connectivity index (χ1) is 12.7.